The first-order chi connectivity index (χ1) is 11.7. The number of aromatic nitrogens is 4. The van der Waals surface area contributed by atoms with E-state index in [4.69, 9.17) is 4.74 Å². The van der Waals surface area contributed by atoms with E-state index in [1.54, 1.807) is 48.3 Å². The zero-order valence-electron chi connectivity index (χ0n) is 13.2. The average Bonchev–Trinajstić information content (AvgIpc) is 3.02. The zero-order valence-corrected chi connectivity index (χ0v) is 13.2. The number of carbonyl (C=O) groups excluding carboxylic acids is 1. The van der Waals surface area contributed by atoms with Crippen LogP contribution in [0.5, 0.6) is 5.75 Å². The predicted octanol–water partition coefficient (Wildman–Crippen LogP) is 2.62. The van der Waals surface area contributed by atoms with Crippen LogP contribution < -0.4 is 15.4 Å². The molecule has 3 rings (SSSR count). The van der Waals surface area contributed by atoms with E-state index in [0.717, 1.165) is 11.6 Å². The number of nitrogens with zero attached hydrogens (tertiary/aromatic N) is 4. The fourth-order valence-corrected chi connectivity index (χ4v) is 2.07. The van der Waals surface area contributed by atoms with E-state index in [-0.39, 0.29) is 6.03 Å². The predicted molar refractivity (Wildman–Crippen MR) is 89.5 cm³/mol. The van der Waals surface area contributed by atoms with Gasteiger partial charge in [-0.15, -0.1) is 0 Å². The number of methoxy groups -OCH3 is 1. The average molecular weight is 324 g/mol. The van der Waals surface area contributed by atoms with Gasteiger partial charge in [0.2, 0.25) is 5.95 Å². The Morgan fingerprint density at radius 2 is 1.71 bits per heavy atom. The normalized spacial score (nSPS) is 10.2. The van der Waals surface area contributed by atoms with E-state index in [2.05, 4.69) is 25.6 Å². The highest BCUT2D eigenvalue weighted by molar-refractivity contribution is 5.99. The van der Waals surface area contributed by atoms with Gasteiger partial charge in [-0.2, -0.15) is 0 Å². The summed E-state index contributed by atoms with van der Waals surface area (Å²) >= 11 is 0. The molecule has 0 aliphatic heterocycles. The molecule has 2 amide bonds. The number of aryl methyl sites for hydroxylation is 1. The highest BCUT2D eigenvalue weighted by atomic mass is 16.5. The molecule has 3 aromatic rings. The Kier molecular flexibility index (Phi) is 4.37. The van der Waals surface area contributed by atoms with E-state index in [1.165, 1.54) is 12.4 Å². The third kappa shape index (κ3) is 3.49. The molecule has 1 aromatic carbocycles. The van der Waals surface area contributed by atoms with Crippen LogP contribution in [0, 0.1) is 6.92 Å². The minimum absolute atomic E-state index is 0.379. The third-order valence-electron chi connectivity index (χ3n) is 3.29. The Labute approximate surface area is 138 Å². The van der Waals surface area contributed by atoms with Crippen LogP contribution >= 0.6 is 0 Å². The number of rotatable bonds is 4. The van der Waals surface area contributed by atoms with Gasteiger partial charge in [0.05, 0.1) is 25.2 Å². The van der Waals surface area contributed by atoms with Crippen molar-refractivity contribution >= 4 is 17.4 Å². The van der Waals surface area contributed by atoms with Gasteiger partial charge in [-0.05, 0) is 31.2 Å². The number of anilines is 2. The molecule has 0 spiro atoms. The molecule has 0 unspecified atom stereocenters. The fourth-order valence-electron chi connectivity index (χ4n) is 2.07. The van der Waals surface area contributed by atoms with E-state index >= 15 is 0 Å². The lowest BCUT2D eigenvalue weighted by Gasteiger charge is -2.08. The number of imidazole rings is 1. The molecular formula is C16H16N6O2. The Morgan fingerprint density at radius 3 is 2.29 bits per heavy atom. The van der Waals surface area contributed by atoms with Crippen LogP contribution in [0.3, 0.4) is 0 Å². The van der Waals surface area contributed by atoms with Crippen LogP contribution in [0.2, 0.25) is 0 Å². The quantitative estimate of drug-likeness (QED) is 0.769. The second-order valence-corrected chi connectivity index (χ2v) is 4.92. The molecule has 0 saturated carbocycles. The first-order valence-electron chi connectivity index (χ1n) is 7.20. The molecule has 0 radical (unpaired) electrons. The zero-order chi connectivity index (χ0) is 16.9. The van der Waals surface area contributed by atoms with E-state index in [9.17, 15) is 4.79 Å². The van der Waals surface area contributed by atoms with Gasteiger partial charge in [-0.25, -0.2) is 19.7 Å². The Hall–Kier alpha value is -3.42. The van der Waals surface area contributed by atoms with Crippen molar-refractivity contribution in [2.45, 2.75) is 6.92 Å². The summed E-state index contributed by atoms with van der Waals surface area (Å²) in [4.78, 5) is 24.5. The molecule has 0 saturated heterocycles. The monoisotopic (exact) mass is 324 g/mol. The lowest BCUT2D eigenvalue weighted by atomic mass is 10.3. The smallest absolute Gasteiger partial charge is 0.323 e. The summed E-state index contributed by atoms with van der Waals surface area (Å²) in [6.07, 6.45) is 6.52. The fraction of sp³-hybridized carbons (Fsp3) is 0.125. The molecular weight excluding hydrogens is 308 g/mol. The van der Waals surface area contributed by atoms with Crippen molar-refractivity contribution in [3.63, 3.8) is 0 Å². The molecule has 24 heavy (non-hydrogen) atoms. The summed E-state index contributed by atoms with van der Waals surface area (Å²) in [5.74, 6) is 2.00. The van der Waals surface area contributed by atoms with Crippen molar-refractivity contribution in [2.75, 3.05) is 17.7 Å². The molecule has 2 N–H and O–H groups in total. The Bertz CT molecular complexity index is 827. The number of amides is 2. The van der Waals surface area contributed by atoms with Crippen molar-refractivity contribution in [3.8, 4) is 11.7 Å². The third-order valence-corrected chi connectivity index (χ3v) is 3.29. The van der Waals surface area contributed by atoms with Gasteiger partial charge in [0.25, 0.3) is 0 Å². The summed E-state index contributed by atoms with van der Waals surface area (Å²) in [6, 6.07) is 6.65. The van der Waals surface area contributed by atoms with Crippen LogP contribution in [-0.2, 0) is 0 Å². The van der Waals surface area contributed by atoms with E-state index in [1.807, 2.05) is 6.92 Å². The SMILES string of the molecule is COc1ccc(NC(=O)Nc2cnc(-n3ccnc3C)nc2)cc1. The van der Waals surface area contributed by atoms with Gasteiger partial charge in [0.1, 0.15) is 11.6 Å². The van der Waals surface area contributed by atoms with Crippen molar-refractivity contribution in [2.24, 2.45) is 0 Å². The molecule has 0 bridgehead atoms. The number of benzene rings is 1. The Balaban J connectivity index is 1.63. The van der Waals surface area contributed by atoms with Gasteiger partial charge < -0.3 is 15.4 Å². The first-order valence-corrected chi connectivity index (χ1v) is 7.20. The van der Waals surface area contributed by atoms with Crippen molar-refractivity contribution in [1.29, 1.82) is 0 Å². The highest BCUT2D eigenvalue weighted by Crippen LogP contribution is 2.15. The van der Waals surface area contributed by atoms with Gasteiger partial charge >= 0.3 is 6.03 Å². The molecule has 0 aliphatic carbocycles. The van der Waals surface area contributed by atoms with Crippen LogP contribution in [0.15, 0.2) is 49.1 Å². The van der Waals surface area contributed by atoms with Gasteiger partial charge in [0.15, 0.2) is 0 Å². The van der Waals surface area contributed by atoms with Gasteiger partial charge in [-0.3, -0.25) is 4.57 Å². The molecule has 0 aliphatic rings. The molecule has 2 aromatic heterocycles. The first kappa shape index (κ1) is 15.5. The molecule has 8 nitrogen and oxygen atoms in total. The minimum Gasteiger partial charge on any atom is -0.497 e. The minimum atomic E-state index is -0.379. The second kappa shape index (κ2) is 6.78. The number of hydrogen-bond acceptors (Lipinski definition) is 5. The topological polar surface area (TPSA) is 94.0 Å². The maximum atomic E-state index is 12.0. The number of nitrogens with one attached hydrogen (secondary N) is 2. The second-order valence-electron chi connectivity index (χ2n) is 4.92. The van der Waals surface area contributed by atoms with Gasteiger partial charge in [-0.1, -0.05) is 0 Å². The van der Waals surface area contributed by atoms with E-state index < -0.39 is 0 Å². The summed E-state index contributed by atoms with van der Waals surface area (Å²) in [5.41, 5.74) is 1.14. The molecule has 0 fully saturated rings. The lowest BCUT2D eigenvalue weighted by molar-refractivity contribution is 0.262. The molecule has 0 atom stereocenters. The standard InChI is InChI=1S/C16H16N6O2/c1-11-17-7-8-22(11)15-18-9-13(10-19-15)21-16(23)20-12-3-5-14(24-2)6-4-12/h3-10H,1-2H3,(H2,20,21,23). The summed E-state index contributed by atoms with van der Waals surface area (Å²) in [6.45, 7) is 1.86. The van der Waals surface area contributed by atoms with Crippen LogP contribution in [0.25, 0.3) is 5.95 Å². The van der Waals surface area contributed by atoms with Crippen LogP contribution in [0.1, 0.15) is 5.82 Å². The number of hydrogen-bond donors (Lipinski definition) is 2. The lowest BCUT2D eigenvalue weighted by Crippen LogP contribution is -2.19. The van der Waals surface area contributed by atoms with Crippen LogP contribution in [0.4, 0.5) is 16.2 Å². The highest BCUT2D eigenvalue weighted by Gasteiger charge is 2.06. The van der Waals surface area contributed by atoms with Gasteiger partial charge in [0, 0.05) is 18.1 Å². The summed E-state index contributed by atoms with van der Waals surface area (Å²) < 4.78 is 6.82. The van der Waals surface area contributed by atoms with E-state index in [0.29, 0.717) is 17.3 Å². The molecule has 122 valence electrons. The summed E-state index contributed by atoms with van der Waals surface area (Å²) in [5, 5.41) is 5.39. The molecule has 8 heteroatoms. The Morgan fingerprint density at radius 1 is 1.04 bits per heavy atom. The maximum Gasteiger partial charge on any atom is 0.323 e. The van der Waals surface area contributed by atoms with Crippen molar-refractivity contribution in [1.82, 2.24) is 19.5 Å². The molecule has 2 heterocycles. The van der Waals surface area contributed by atoms with Crippen molar-refractivity contribution < 1.29 is 9.53 Å². The maximum absolute atomic E-state index is 12.0. The number of carbonyl (C=O) groups is 1. The van der Waals surface area contributed by atoms with Crippen molar-refractivity contribution in [3.05, 3.63) is 54.9 Å². The number of urea groups is 1. The number of ether oxygens (including phenoxy) is 1. The van der Waals surface area contributed by atoms with Crippen LogP contribution in [-0.4, -0.2) is 32.7 Å². The summed E-state index contributed by atoms with van der Waals surface area (Å²) in [7, 11) is 1.59. The largest absolute Gasteiger partial charge is 0.497 e.